The number of dihydropyridines is 1. The second-order valence-electron chi connectivity index (χ2n) is 8.81. The zero-order chi connectivity index (χ0) is 22.6. The minimum absolute atomic E-state index is 0.328. The molecule has 0 saturated carbocycles. The Kier molecular flexibility index (Phi) is 7.09. The summed E-state index contributed by atoms with van der Waals surface area (Å²) in [5, 5.41) is 13.3. The van der Waals surface area contributed by atoms with E-state index in [1.165, 1.54) is 7.11 Å². The SMILES string of the molecule is COC(=O)c1ccc(C2C(C#N)=C(CC(C)C)NC(C)=C2C(=O)OC(C)(C)C)cc1. The number of carbonyl (C=O) groups excluding carboxylic acids is 2. The number of allylic oxidation sites excluding steroid dienone is 3. The summed E-state index contributed by atoms with van der Waals surface area (Å²) in [5.41, 5.74) is 2.83. The smallest absolute Gasteiger partial charge is 0.337 e. The maximum absolute atomic E-state index is 13.1. The Morgan fingerprint density at radius 3 is 2.23 bits per heavy atom. The first-order valence-corrected chi connectivity index (χ1v) is 10.0. The highest BCUT2D eigenvalue weighted by molar-refractivity contribution is 5.93. The topological polar surface area (TPSA) is 88.4 Å². The molecule has 6 heteroatoms. The van der Waals surface area contributed by atoms with Gasteiger partial charge in [0.2, 0.25) is 0 Å². The fraction of sp³-hybridized carbons (Fsp3) is 0.458. The largest absolute Gasteiger partial charge is 0.465 e. The van der Waals surface area contributed by atoms with Gasteiger partial charge in [0.15, 0.2) is 0 Å². The summed E-state index contributed by atoms with van der Waals surface area (Å²) in [4.78, 5) is 24.9. The number of ether oxygens (including phenoxy) is 2. The van der Waals surface area contributed by atoms with Gasteiger partial charge in [-0.05, 0) is 57.7 Å². The summed E-state index contributed by atoms with van der Waals surface area (Å²) in [6, 6.07) is 9.10. The number of esters is 2. The molecule has 0 saturated heterocycles. The Labute approximate surface area is 178 Å². The molecule has 0 aromatic heterocycles. The van der Waals surface area contributed by atoms with E-state index < -0.39 is 23.5 Å². The van der Waals surface area contributed by atoms with Crippen molar-refractivity contribution in [2.75, 3.05) is 7.11 Å². The van der Waals surface area contributed by atoms with Crippen LogP contribution >= 0.6 is 0 Å². The van der Waals surface area contributed by atoms with Crippen LogP contribution in [0.15, 0.2) is 46.8 Å². The van der Waals surface area contributed by atoms with Crippen molar-refractivity contribution in [3.05, 3.63) is 57.9 Å². The lowest BCUT2D eigenvalue weighted by Crippen LogP contribution is -2.33. The summed E-state index contributed by atoms with van der Waals surface area (Å²) in [6.07, 6.45) is 0.679. The Hall–Kier alpha value is -3.07. The lowest BCUT2D eigenvalue weighted by atomic mass is 9.79. The zero-order valence-corrected chi connectivity index (χ0v) is 18.8. The maximum Gasteiger partial charge on any atom is 0.337 e. The van der Waals surface area contributed by atoms with Gasteiger partial charge in [-0.15, -0.1) is 0 Å². The number of hydrogen-bond donors (Lipinski definition) is 1. The molecule has 1 atom stereocenters. The quantitative estimate of drug-likeness (QED) is 0.714. The van der Waals surface area contributed by atoms with Crippen molar-refractivity contribution < 1.29 is 19.1 Å². The average molecular weight is 411 g/mol. The molecule has 1 heterocycles. The van der Waals surface area contributed by atoms with E-state index in [0.29, 0.717) is 34.7 Å². The Morgan fingerprint density at radius 1 is 1.17 bits per heavy atom. The van der Waals surface area contributed by atoms with E-state index in [4.69, 9.17) is 9.47 Å². The molecule has 1 aliphatic rings. The number of nitrogens with one attached hydrogen (secondary N) is 1. The van der Waals surface area contributed by atoms with Crippen LogP contribution in [0, 0.1) is 17.2 Å². The molecule has 1 aliphatic heterocycles. The molecule has 0 bridgehead atoms. The van der Waals surface area contributed by atoms with Crippen LogP contribution in [0.4, 0.5) is 0 Å². The van der Waals surface area contributed by atoms with Crippen molar-refractivity contribution in [1.29, 1.82) is 5.26 Å². The van der Waals surface area contributed by atoms with Crippen molar-refractivity contribution in [2.24, 2.45) is 5.92 Å². The third kappa shape index (κ3) is 5.29. The van der Waals surface area contributed by atoms with Crippen LogP contribution in [-0.4, -0.2) is 24.6 Å². The normalized spacial score (nSPS) is 16.8. The van der Waals surface area contributed by atoms with Gasteiger partial charge in [0.05, 0.1) is 35.8 Å². The fourth-order valence-corrected chi connectivity index (χ4v) is 3.46. The number of rotatable bonds is 5. The van der Waals surface area contributed by atoms with Crippen molar-refractivity contribution in [1.82, 2.24) is 5.32 Å². The van der Waals surface area contributed by atoms with Crippen LogP contribution in [0.1, 0.15) is 69.8 Å². The third-order valence-electron chi connectivity index (χ3n) is 4.66. The van der Waals surface area contributed by atoms with Gasteiger partial charge in [-0.2, -0.15) is 5.26 Å². The molecule has 1 N–H and O–H groups in total. The third-order valence-corrected chi connectivity index (χ3v) is 4.66. The molecular formula is C24H30N2O4. The lowest BCUT2D eigenvalue weighted by Gasteiger charge is -2.32. The fourth-order valence-electron chi connectivity index (χ4n) is 3.46. The first kappa shape index (κ1) is 23.2. The Balaban J connectivity index is 2.62. The molecule has 2 rings (SSSR count). The number of nitrogens with zero attached hydrogens (tertiary/aromatic N) is 1. The predicted octanol–water partition coefficient (Wildman–Crippen LogP) is 4.60. The summed E-state index contributed by atoms with van der Waals surface area (Å²) in [7, 11) is 1.32. The standard InChI is InChI=1S/C24H30N2O4/c1-14(2)12-19-18(13-25)21(16-8-10-17(11-9-16)22(27)29-7)20(15(3)26-19)23(28)30-24(4,5)6/h8-11,14,21,26H,12H2,1-7H3. The van der Waals surface area contributed by atoms with E-state index in [2.05, 4.69) is 25.2 Å². The summed E-state index contributed by atoms with van der Waals surface area (Å²) >= 11 is 0. The van der Waals surface area contributed by atoms with Crippen LogP contribution in [0.2, 0.25) is 0 Å². The molecule has 0 amide bonds. The summed E-state index contributed by atoms with van der Waals surface area (Å²) in [5.74, 6) is -1.16. The van der Waals surface area contributed by atoms with Crippen LogP contribution in [0.25, 0.3) is 0 Å². The van der Waals surface area contributed by atoms with Gasteiger partial charge in [-0.25, -0.2) is 9.59 Å². The Morgan fingerprint density at radius 2 is 1.77 bits per heavy atom. The molecule has 160 valence electrons. The summed E-state index contributed by atoms with van der Waals surface area (Å²) in [6.45, 7) is 11.4. The molecular weight excluding hydrogens is 380 g/mol. The van der Waals surface area contributed by atoms with Gasteiger partial charge < -0.3 is 14.8 Å². The Bertz CT molecular complexity index is 925. The maximum atomic E-state index is 13.1. The van der Waals surface area contributed by atoms with E-state index in [1.807, 2.05) is 27.7 Å². The van der Waals surface area contributed by atoms with Crippen molar-refractivity contribution >= 4 is 11.9 Å². The molecule has 0 fully saturated rings. The van der Waals surface area contributed by atoms with E-state index in [0.717, 1.165) is 11.3 Å². The van der Waals surface area contributed by atoms with Crippen LogP contribution in [0.3, 0.4) is 0 Å². The average Bonchev–Trinajstić information content (AvgIpc) is 2.65. The van der Waals surface area contributed by atoms with Gasteiger partial charge in [0, 0.05) is 11.4 Å². The molecule has 6 nitrogen and oxygen atoms in total. The van der Waals surface area contributed by atoms with Crippen molar-refractivity contribution in [2.45, 2.75) is 59.5 Å². The highest BCUT2D eigenvalue weighted by Crippen LogP contribution is 2.40. The molecule has 1 aromatic carbocycles. The molecule has 0 spiro atoms. The minimum Gasteiger partial charge on any atom is -0.465 e. The predicted molar refractivity (Wildman–Crippen MR) is 114 cm³/mol. The number of benzene rings is 1. The van der Waals surface area contributed by atoms with Gasteiger partial charge in [-0.1, -0.05) is 26.0 Å². The highest BCUT2D eigenvalue weighted by Gasteiger charge is 2.36. The first-order valence-electron chi connectivity index (χ1n) is 10.0. The summed E-state index contributed by atoms with van der Waals surface area (Å²) < 4.78 is 10.4. The zero-order valence-electron chi connectivity index (χ0n) is 18.8. The van der Waals surface area contributed by atoms with Crippen LogP contribution in [0.5, 0.6) is 0 Å². The first-order chi connectivity index (χ1) is 14.0. The molecule has 30 heavy (non-hydrogen) atoms. The number of hydrogen-bond acceptors (Lipinski definition) is 6. The monoisotopic (exact) mass is 410 g/mol. The van der Waals surface area contributed by atoms with E-state index >= 15 is 0 Å². The second kappa shape index (κ2) is 9.17. The molecule has 1 aromatic rings. The second-order valence-corrected chi connectivity index (χ2v) is 8.81. The van der Waals surface area contributed by atoms with E-state index in [-0.39, 0.29) is 0 Å². The van der Waals surface area contributed by atoms with Gasteiger partial charge in [-0.3, -0.25) is 0 Å². The minimum atomic E-state index is -0.668. The number of methoxy groups -OCH3 is 1. The number of nitriles is 1. The lowest BCUT2D eigenvalue weighted by molar-refractivity contribution is -0.150. The van der Waals surface area contributed by atoms with Gasteiger partial charge >= 0.3 is 11.9 Å². The van der Waals surface area contributed by atoms with Crippen LogP contribution in [-0.2, 0) is 14.3 Å². The molecule has 1 unspecified atom stereocenters. The highest BCUT2D eigenvalue weighted by atomic mass is 16.6. The molecule has 0 aliphatic carbocycles. The van der Waals surface area contributed by atoms with Gasteiger partial charge in [0.1, 0.15) is 5.60 Å². The van der Waals surface area contributed by atoms with E-state index in [1.54, 1.807) is 24.3 Å². The van der Waals surface area contributed by atoms with Crippen molar-refractivity contribution in [3.63, 3.8) is 0 Å². The molecule has 0 radical (unpaired) electrons. The van der Waals surface area contributed by atoms with Crippen molar-refractivity contribution in [3.8, 4) is 6.07 Å². The number of carbonyl (C=O) groups is 2. The van der Waals surface area contributed by atoms with Crippen LogP contribution < -0.4 is 5.32 Å². The van der Waals surface area contributed by atoms with E-state index in [9.17, 15) is 14.9 Å². The van der Waals surface area contributed by atoms with Gasteiger partial charge in [0.25, 0.3) is 0 Å².